The molecule has 3 aromatic rings. The first-order valence-electron chi connectivity index (χ1n) is 6.74. The average molecular weight is 394 g/mol. The smallest absolute Gasteiger partial charge is 0.375 e. The number of benzene rings is 1. The second-order valence-electron chi connectivity index (χ2n) is 4.50. The number of hydrogen-bond acceptors (Lipinski definition) is 11. The van der Waals surface area contributed by atoms with Crippen molar-refractivity contribution in [1.29, 1.82) is 0 Å². The van der Waals surface area contributed by atoms with Crippen molar-refractivity contribution in [2.75, 3.05) is 5.73 Å². The zero-order valence-electron chi connectivity index (χ0n) is 12.7. The monoisotopic (exact) mass is 394 g/mol. The summed E-state index contributed by atoms with van der Waals surface area (Å²) < 4.78 is 6.67. The van der Waals surface area contributed by atoms with Gasteiger partial charge < -0.3 is 14.8 Å². The van der Waals surface area contributed by atoms with Crippen LogP contribution in [-0.4, -0.2) is 27.6 Å². The molecule has 0 aliphatic carbocycles. The normalized spacial score (nSPS) is 11.5. The molecule has 11 heteroatoms. The maximum atomic E-state index is 12.3. The van der Waals surface area contributed by atoms with Gasteiger partial charge in [-0.1, -0.05) is 17.3 Å². The summed E-state index contributed by atoms with van der Waals surface area (Å²) in [4.78, 5) is 36.1. The molecule has 1 aromatic carbocycles. The third-order valence-electron chi connectivity index (χ3n) is 2.69. The van der Waals surface area contributed by atoms with E-state index in [0.717, 1.165) is 40.5 Å². The number of fused-ring (bicyclic) bond motifs is 1. The summed E-state index contributed by atoms with van der Waals surface area (Å²) in [7, 11) is 0. The molecular weight excluding hydrogens is 384 g/mol. The van der Waals surface area contributed by atoms with E-state index in [4.69, 9.17) is 9.92 Å². The summed E-state index contributed by atoms with van der Waals surface area (Å²) >= 11 is 3.31. The fraction of sp³-hybridized carbons (Fsp3) is 0.0714. The van der Waals surface area contributed by atoms with Crippen molar-refractivity contribution in [3.63, 3.8) is 0 Å². The number of carbonyl (C=O) groups is 2. The summed E-state index contributed by atoms with van der Waals surface area (Å²) in [5.41, 5.74) is 6.28. The van der Waals surface area contributed by atoms with Crippen molar-refractivity contribution in [3.05, 3.63) is 35.3 Å². The Morgan fingerprint density at radius 3 is 2.76 bits per heavy atom. The first-order chi connectivity index (χ1) is 12.0. The molecule has 2 heterocycles. The lowest BCUT2D eigenvalue weighted by Crippen LogP contribution is -2.18. The van der Waals surface area contributed by atoms with Crippen LogP contribution in [0.25, 0.3) is 10.2 Å². The van der Waals surface area contributed by atoms with Crippen LogP contribution in [0.5, 0.6) is 0 Å². The second-order valence-corrected chi connectivity index (χ2v) is 7.39. The van der Waals surface area contributed by atoms with E-state index in [2.05, 4.69) is 20.0 Å². The van der Waals surface area contributed by atoms with Crippen LogP contribution >= 0.6 is 34.7 Å². The van der Waals surface area contributed by atoms with Crippen LogP contribution in [0.2, 0.25) is 0 Å². The van der Waals surface area contributed by atoms with Gasteiger partial charge in [0.25, 0.3) is 0 Å². The van der Waals surface area contributed by atoms with Gasteiger partial charge in [-0.3, -0.25) is 0 Å². The van der Waals surface area contributed by atoms with E-state index in [0.29, 0.717) is 4.34 Å². The number of anilines is 1. The van der Waals surface area contributed by atoms with Gasteiger partial charge in [-0.25, -0.2) is 19.6 Å². The molecule has 0 fully saturated rings. The average Bonchev–Trinajstić information content (AvgIpc) is 3.18. The highest BCUT2D eigenvalue weighted by atomic mass is 32.2. The Hall–Kier alpha value is -2.50. The predicted molar refractivity (Wildman–Crippen MR) is 96.4 cm³/mol. The first kappa shape index (κ1) is 17.3. The van der Waals surface area contributed by atoms with E-state index in [1.165, 1.54) is 16.7 Å². The zero-order valence-corrected chi connectivity index (χ0v) is 15.1. The van der Waals surface area contributed by atoms with Gasteiger partial charge in [0.2, 0.25) is 5.71 Å². The molecule has 2 aromatic heterocycles. The minimum atomic E-state index is -0.823. The number of para-hydroxylation sites is 1. The maximum Gasteiger partial charge on any atom is 0.375 e. The lowest BCUT2D eigenvalue weighted by molar-refractivity contribution is -0.141. The highest BCUT2D eigenvalue weighted by Crippen LogP contribution is 2.30. The number of nitrogens with zero attached hydrogens (tertiary/aromatic N) is 3. The van der Waals surface area contributed by atoms with Gasteiger partial charge in [-0.2, -0.15) is 0 Å². The van der Waals surface area contributed by atoms with E-state index in [-0.39, 0.29) is 16.5 Å². The fourth-order valence-electron chi connectivity index (χ4n) is 1.69. The molecule has 2 N–H and O–H groups in total. The molecule has 0 radical (unpaired) electrons. The van der Waals surface area contributed by atoms with E-state index < -0.39 is 11.9 Å². The van der Waals surface area contributed by atoms with Crippen LogP contribution in [0, 0.1) is 0 Å². The molecule has 3 rings (SSSR count). The topological polar surface area (TPSA) is 117 Å². The molecule has 0 atom stereocenters. The molecule has 0 aliphatic rings. The van der Waals surface area contributed by atoms with Gasteiger partial charge in [0.05, 0.1) is 10.2 Å². The number of nitrogens with two attached hydrogens (primary N) is 1. The summed E-state index contributed by atoms with van der Waals surface area (Å²) in [6.45, 7) is 1.16. The van der Waals surface area contributed by atoms with Gasteiger partial charge in [0, 0.05) is 12.3 Å². The SMILES string of the molecule is CC(=O)O/N=C(\C(=O)OSc1nc2ccccc2s1)c1csc(N)n1. The maximum absolute atomic E-state index is 12.3. The highest BCUT2D eigenvalue weighted by molar-refractivity contribution is 7.97. The van der Waals surface area contributed by atoms with E-state index >= 15 is 0 Å². The largest absolute Gasteiger partial charge is 0.379 e. The molecular formula is C14H10N4O4S3. The van der Waals surface area contributed by atoms with E-state index in [1.54, 1.807) is 0 Å². The van der Waals surface area contributed by atoms with Crippen molar-refractivity contribution >= 4 is 67.7 Å². The van der Waals surface area contributed by atoms with Crippen LogP contribution in [0.4, 0.5) is 5.13 Å². The van der Waals surface area contributed by atoms with Crippen LogP contribution in [-0.2, 0) is 18.6 Å². The third-order valence-corrected chi connectivity index (χ3v) is 5.11. The summed E-state index contributed by atoms with van der Waals surface area (Å²) in [5, 5.41) is 5.28. The third kappa shape index (κ3) is 4.32. The van der Waals surface area contributed by atoms with Gasteiger partial charge in [0.1, 0.15) is 17.7 Å². The number of rotatable bonds is 5. The lowest BCUT2D eigenvalue weighted by atomic mass is 10.3. The Morgan fingerprint density at radius 1 is 1.28 bits per heavy atom. The molecule has 0 amide bonds. The Bertz CT molecular complexity index is 933. The van der Waals surface area contributed by atoms with Crippen LogP contribution < -0.4 is 5.73 Å². The second kappa shape index (κ2) is 7.59. The minimum Gasteiger partial charge on any atom is -0.379 e. The number of oxime groups is 1. The molecule has 0 aliphatic heterocycles. The van der Waals surface area contributed by atoms with Crippen molar-refractivity contribution in [1.82, 2.24) is 9.97 Å². The minimum absolute atomic E-state index is 0.165. The lowest BCUT2D eigenvalue weighted by Gasteiger charge is -2.01. The van der Waals surface area contributed by atoms with Crippen molar-refractivity contribution < 1.29 is 18.6 Å². The molecule has 25 heavy (non-hydrogen) atoms. The standard InChI is InChI=1S/C14H10N4O4S3/c1-7(19)21-18-11(9-6-23-13(15)16-9)12(20)22-25-14-17-8-4-2-3-5-10(8)24-14/h2-6H,1H3,(H2,15,16)/b18-11-. The van der Waals surface area contributed by atoms with Crippen LogP contribution in [0.3, 0.4) is 0 Å². The molecule has 128 valence electrons. The van der Waals surface area contributed by atoms with Crippen molar-refractivity contribution in [3.8, 4) is 0 Å². The first-order valence-corrected chi connectivity index (χ1v) is 9.18. The molecule has 0 bridgehead atoms. The van der Waals surface area contributed by atoms with Crippen LogP contribution in [0.1, 0.15) is 12.6 Å². The summed E-state index contributed by atoms with van der Waals surface area (Å²) in [6, 6.07) is 7.56. The summed E-state index contributed by atoms with van der Waals surface area (Å²) in [5.74, 6) is -1.50. The number of hydrogen-bond donors (Lipinski definition) is 1. The zero-order chi connectivity index (χ0) is 17.8. The van der Waals surface area contributed by atoms with Crippen molar-refractivity contribution in [2.24, 2.45) is 5.16 Å². The quantitative estimate of drug-likeness (QED) is 0.304. The van der Waals surface area contributed by atoms with Crippen molar-refractivity contribution in [2.45, 2.75) is 11.3 Å². The number of thiazole rings is 2. The van der Waals surface area contributed by atoms with E-state index in [9.17, 15) is 9.59 Å². The molecule has 0 saturated carbocycles. The Labute approximate surface area is 153 Å². The molecule has 0 saturated heterocycles. The predicted octanol–water partition coefficient (Wildman–Crippen LogP) is 2.85. The van der Waals surface area contributed by atoms with Crippen LogP contribution in [0.15, 0.2) is 39.1 Å². The molecule has 0 spiro atoms. The summed E-state index contributed by atoms with van der Waals surface area (Å²) in [6.07, 6.45) is 0. The Balaban J connectivity index is 1.75. The van der Waals surface area contributed by atoms with Gasteiger partial charge in [-0.15, -0.1) is 22.7 Å². The molecule has 8 nitrogen and oxygen atoms in total. The number of carbonyl (C=O) groups excluding carboxylic acids is 2. The number of nitrogen functional groups attached to an aromatic ring is 1. The van der Waals surface area contributed by atoms with Gasteiger partial charge in [0.15, 0.2) is 9.47 Å². The van der Waals surface area contributed by atoms with Gasteiger partial charge >= 0.3 is 11.9 Å². The number of aromatic nitrogens is 2. The Morgan fingerprint density at radius 2 is 2.08 bits per heavy atom. The highest BCUT2D eigenvalue weighted by Gasteiger charge is 2.22. The molecule has 0 unspecified atom stereocenters. The van der Waals surface area contributed by atoms with Gasteiger partial charge in [-0.05, 0) is 12.1 Å². The Kier molecular flexibility index (Phi) is 5.26. The fourth-order valence-corrected chi connectivity index (χ4v) is 3.81. The van der Waals surface area contributed by atoms with E-state index in [1.807, 2.05) is 24.3 Å².